The smallest absolute Gasteiger partial charge is 0.167 e. The Hall–Kier alpha value is -1.93. The molecule has 1 fully saturated rings. The van der Waals surface area contributed by atoms with Crippen LogP contribution in [0, 0.1) is 5.82 Å². The van der Waals surface area contributed by atoms with Gasteiger partial charge in [-0.1, -0.05) is 0 Å². The van der Waals surface area contributed by atoms with E-state index in [-0.39, 0.29) is 30.2 Å². The number of fused-ring (bicyclic) bond motifs is 1. The number of hydrogen-bond donors (Lipinski definition) is 2. The number of anilines is 1. The van der Waals surface area contributed by atoms with Gasteiger partial charge in [0.2, 0.25) is 0 Å². The highest BCUT2D eigenvalue weighted by atomic mass is 32.2. The van der Waals surface area contributed by atoms with Gasteiger partial charge in [0.25, 0.3) is 0 Å². The van der Waals surface area contributed by atoms with E-state index in [0.29, 0.717) is 11.3 Å². The molecule has 2 aromatic rings. The molecule has 23 heavy (non-hydrogen) atoms. The second-order valence-corrected chi connectivity index (χ2v) is 7.98. The third-order valence-corrected chi connectivity index (χ3v) is 5.73. The summed E-state index contributed by atoms with van der Waals surface area (Å²) in [7, 11) is -1.79. The van der Waals surface area contributed by atoms with Gasteiger partial charge in [-0.3, -0.25) is 0 Å². The van der Waals surface area contributed by atoms with Gasteiger partial charge in [0.15, 0.2) is 21.4 Å². The number of halogens is 1. The fraction of sp³-hybridized carbons (Fsp3) is 0.400. The third kappa shape index (κ3) is 3.37. The number of aromatic nitrogens is 1. The molecule has 6 nitrogen and oxygen atoms in total. The minimum absolute atomic E-state index is 0.0126. The van der Waals surface area contributed by atoms with Crippen LogP contribution in [0.25, 0.3) is 10.9 Å². The van der Waals surface area contributed by atoms with Crippen molar-refractivity contribution in [2.45, 2.75) is 12.0 Å². The first-order valence-corrected chi connectivity index (χ1v) is 8.93. The number of nitrogens with zero attached hydrogens (tertiary/aromatic N) is 1. The van der Waals surface area contributed by atoms with E-state index >= 15 is 0 Å². The maximum absolute atomic E-state index is 13.7. The summed E-state index contributed by atoms with van der Waals surface area (Å²) in [5.74, 6) is -0.191. The second kappa shape index (κ2) is 5.61. The number of ether oxygens (including phenoxy) is 1. The summed E-state index contributed by atoms with van der Waals surface area (Å²) in [4.78, 5) is 4.27. The lowest BCUT2D eigenvalue weighted by Gasteiger charge is -2.21. The molecule has 1 unspecified atom stereocenters. The highest BCUT2D eigenvalue weighted by Crippen LogP contribution is 2.26. The molecule has 0 bridgehead atoms. The summed E-state index contributed by atoms with van der Waals surface area (Å²) >= 11 is 0. The minimum Gasteiger partial charge on any atom is -0.494 e. The number of benzene rings is 1. The van der Waals surface area contributed by atoms with Gasteiger partial charge in [0.1, 0.15) is 5.82 Å². The van der Waals surface area contributed by atoms with Crippen LogP contribution in [0.2, 0.25) is 0 Å². The van der Waals surface area contributed by atoms with Gasteiger partial charge in [-0.05, 0) is 24.6 Å². The number of pyridine rings is 1. The molecule has 0 radical (unpaired) electrons. The van der Waals surface area contributed by atoms with Crippen molar-refractivity contribution < 1.29 is 22.7 Å². The Labute approximate surface area is 133 Å². The number of rotatable bonds is 4. The Kier molecular flexibility index (Phi) is 3.89. The van der Waals surface area contributed by atoms with Crippen molar-refractivity contribution in [3.63, 3.8) is 0 Å². The monoisotopic (exact) mass is 340 g/mol. The molecular formula is C15H17FN2O4S. The van der Waals surface area contributed by atoms with Crippen molar-refractivity contribution >= 4 is 26.6 Å². The van der Waals surface area contributed by atoms with Gasteiger partial charge in [0, 0.05) is 18.0 Å². The standard InChI is InChI=1S/C15H17FN2O4S/c1-22-13-6-10-2-3-14(18-12(10)7-11(13)16)17-8-15(19)4-5-23(20,21)9-15/h2-3,6-7,19H,4-5,8-9H2,1H3,(H,17,18). The summed E-state index contributed by atoms with van der Waals surface area (Å²) < 4.78 is 41.6. The largest absolute Gasteiger partial charge is 0.494 e. The Morgan fingerprint density at radius 2 is 2.22 bits per heavy atom. The number of methoxy groups -OCH3 is 1. The Balaban J connectivity index is 1.79. The van der Waals surface area contributed by atoms with Crippen molar-refractivity contribution in [3.05, 3.63) is 30.1 Å². The van der Waals surface area contributed by atoms with Gasteiger partial charge in [0.05, 0.1) is 29.7 Å². The Morgan fingerprint density at radius 1 is 1.43 bits per heavy atom. The van der Waals surface area contributed by atoms with E-state index in [9.17, 15) is 17.9 Å². The van der Waals surface area contributed by atoms with E-state index in [1.165, 1.54) is 13.2 Å². The molecule has 2 heterocycles. The van der Waals surface area contributed by atoms with Crippen LogP contribution in [0.4, 0.5) is 10.2 Å². The van der Waals surface area contributed by atoms with Crippen LogP contribution >= 0.6 is 0 Å². The van der Waals surface area contributed by atoms with Crippen molar-refractivity contribution in [1.29, 1.82) is 0 Å². The fourth-order valence-corrected chi connectivity index (χ4v) is 4.57. The molecular weight excluding hydrogens is 323 g/mol. The molecule has 8 heteroatoms. The molecule has 124 valence electrons. The van der Waals surface area contributed by atoms with E-state index < -0.39 is 21.3 Å². The van der Waals surface area contributed by atoms with Crippen LogP contribution in [-0.4, -0.2) is 49.3 Å². The molecule has 0 aliphatic carbocycles. The highest BCUT2D eigenvalue weighted by molar-refractivity contribution is 7.91. The summed E-state index contributed by atoms with van der Waals surface area (Å²) in [5.41, 5.74) is -0.847. The predicted molar refractivity (Wildman–Crippen MR) is 85.0 cm³/mol. The van der Waals surface area contributed by atoms with Crippen LogP contribution in [0.1, 0.15) is 6.42 Å². The number of hydrogen-bond acceptors (Lipinski definition) is 6. The lowest BCUT2D eigenvalue weighted by atomic mass is 10.0. The summed E-state index contributed by atoms with van der Waals surface area (Å²) in [5, 5.41) is 13.9. The number of nitrogens with one attached hydrogen (secondary N) is 1. The summed E-state index contributed by atoms with van der Waals surface area (Å²) in [6, 6.07) is 6.27. The fourth-order valence-electron chi connectivity index (χ4n) is 2.67. The number of aliphatic hydroxyl groups is 1. The van der Waals surface area contributed by atoms with Crippen molar-refractivity contribution in [2.75, 3.05) is 30.5 Å². The molecule has 3 rings (SSSR count). The van der Waals surface area contributed by atoms with Crippen LogP contribution in [0.5, 0.6) is 5.75 Å². The van der Waals surface area contributed by atoms with E-state index in [1.807, 2.05) is 0 Å². The topological polar surface area (TPSA) is 88.5 Å². The molecule has 1 atom stereocenters. The van der Waals surface area contributed by atoms with Crippen LogP contribution in [0.15, 0.2) is 24.3 Å². The summed E-state index contributed by atoms with van der Waals surface area (Å²) in [6.45, 7) is 0.0728. The van der Waals surface area contributed by atoms with Gasteiger partial charge >= 0.3 is 0 Å². The van der Waals surface area contributed by atoms with Crippen molar-refractivity contribution in [3.8, 4) is 5.75 Å². The van der Waals surface area contributed by atoms with Crippen LogP contribution < -0.4 is 10.1 Å². The van der Waals surface area contributed by atoms with Crippen LogP contribution in [-0.2, 0) is 9.84 Å². The molecule has 0 saturated carbocycles. The zero-order chi connectivity index (χ0) is 16.7. The SMILES string of the molecule is COc1cc2ccc(NCC3(O)CCS(=O)(=O)C3)nc2cc1F. The average molecular weight is 340 g/mol. The maximum Gasteiger partial charge on any atom is 0.167 e. The van der Waals surface area contributed by atoms with E-state index in [2.05, 4.69) is 10.3 Å². The molecule has 1 aromatic heterocycles. The first kappa shape index (κ1) is 15.9. The van der Waals surface area contributed by atoms with E-state index in [1.54, 1.807) is 18.2 Å². The maximum atomic E-state index is 13.7. The summed E-state index contributed by atoms with van der Waals surface area (Å²) in [6.07, 6.45) is 0.196. The Morgan fingerprint density at radius 3 is 2.87 bits per heavy atom. The molecule has 0 spiro atoms. The van der Waals surface area contributed by atoms with E-state index in [0.717, 1.165) is 5.39 Å². The molecule has 1 aromatic carbocycles. The molecule has 1 aliphatic rings. The molecule has 0 amide bonds. The first-order chi connectivity index (χ1) is 10.8. The van der Waals surface area contributed by atoms with Gasteiger partial charge in [-0.25, -0.2) is 17.8 Å². The molecule has 1 aliphatic heterocycles. The van der Waals surface area contributed by atoms with Gasteiger partial charge < -0.3 is 15.2 Å². The van der Waals surface area contributed by atoms with Gasteiger partial charge in [-0.2, -0.15) is 0 Å². The normalized spacial score (nSPS) is 23.1. The quantitative estimate of drug-likeness (QED) is 0.873. The molecule has 1 saturated heterocycles. The predicted octanol–water partition coefficient (Wildman–Crippen LogP) is 1.34. The van der Waals surface area contributed by atoms with E-state index in [4.69, 9.17) is 4.74 Å². The minimum atomic E-state index is -3.18. The average Bonchev–Trinajstić information content (AvgIpc) is 2.78. The third-order valence-electron chi connectivity index (χ3n) is 3.93. The highest BCUT2D eigenvalue weighted by Gasteiger charge is 2.40. The van der Waals surface area contributed by atoms with Crippen molar-refractivity contribution in [1.82, 2.24) is 4.98 Å². The first-order valence-electron chi connectivity index (χ1n) is 7.11. The zero-order valence-electron chi connectivity index (χ0n) is 12.5. The van der Waals surface area contributed by atoms with Crippen LogP contribution in [0.3, 0.4) is 0 Å². The molecule has 2 N–H and O–H groups in total. The Bertz CT molecular complexity index is 856. The lowest BCUT2D eigenvalue weighted by Crippen LogP contribution is -2.38. The number of sulfone groups is 1. The van der Waals surface area contributed by atoms with Gasteiger partial charge in [-0.15, -0.1) is 0 Å². The lowest BCUT2D eigenvalue weighted by molar-refractivity contribution is 0.0814. The van der Waals surface area contributed by atoms with Crippen molar-refractivity contribution in [2.24, 2.45) is 0 Å². The second-order valence-electron chi connectivity index (χ2n) is 5.80. The zero-order valence-corrected chi connectivity index (χ0v) is 13.4.